The van der Waals surface area contributed by atoms with Crippen molar-refractivity contribution in [2.75, 3.05) is 19.6 Å². The van der Waals surface area contributed by atoms with Gasteiger partial charge in [0, 0.05) is 32.0 Å². The van der Waals surface area contributed by atoms with Crippen LogP contribution < -0.4 is 0 Å². The highest BCUT2D eigenvalue weighted by Crippen LogP contribution is 2.37. The Balaban J connectivity index is 1.50. The van der Waals surface area contributed by atoms with E-state index in [1.807, 2.05) is 23.1 Å². The summed E-state index contributed by atoms with van der Waals surface area (Å²) >= 11 is 0. The molecule has 3 rings (SSSR count). The minimum Gasteiger partial charge on any atom is -0.300 e. The van der Waals surface area contributed by atoms with Gasteiger partial charge >= 0.3 is 0 Å². The Morgan fingerprint density at radius 1 is 1.29 bits per heavy atom. The number of hydrogen-bond acceptors (Lipinski definition) is 2. The van der Waals surface area contributed by atoms with Crippen molar-refractivity contribution >= 4 is 0 Å². The van der Waals surface area contributed by atoms with Gasteiger partial charge in [-0.3, -0.25) is 4.68 Å². The SMILES string of the molecule is FC1(CN2CCC(n3cccn3)CC2)CCC1. The summed E-state index contributed by atoms with van der Waals surface area (Å²) in [4.78, 5) is 2.29. The largest absolute Gasteiger partial charge is 0.300 e. The minimum absolute atomic E-state index is 0.512. The number of nitrogens with zero attached hydrogens (tertiary/aromatic N) is 3. The van der Waals surface area contributed by atoms with Crippen LogP contribution in [0.25, 0.3) is 0 Å². The lowest BCUT2D eigenvalue weighted by molar-refractivity contribution is 0.0102. The maximum atomic E-state index is 14.0. The van der Waals surface area contributed by atoms with Crippen LogP contribution >= 0.6 is 0 Å². The fraction of sp³-hybridized carbons (Fsp3) is 0.769. The fourth-order valence-electron chi connectivity index (χ4n) is 2.96. The number of hydrogen-bond donors (Lipinski definition) is 0. The van der Waals surface area contributed by atoms with Crippen molar-refractivity contribution in [1.29, 1.82) is 0 Å². The Hall–Kier alpha value is -0.900. The summed E-state index contributed by atoms with van der Waals surface area (Å²) in [6.07, 6.45) is 8.66. The minimum atomic E-state index is -0.863. The Morgan fingerprint density at radius 2 is 2.06 bits per heavy atom. The first-order valence-corrected chi connectivity index (χ1v) is 6.66. The molecule has 0 atom stereocenters. The average molecular weight is 237 g/mol. The van der Waals surface area contributed by atoms with Crippen molar-refractivity contribution in [1.82, 2.24) is 14.7 Å². The standard InChI is InChI=1S/C13H20FN3/c14-13(5-1-6-13)11-16-9-3-12(4-10-16)17-8-2-7-15-17/h2,7-8,12H,1,3-6,9-11H2. The lowest BCUT2D eigenvalue weighted by Crippen LogP contribution is -2.47. The predicted octanol–water partition coefficient (Wildman–Crippen LogP) is 2.41. The molecule has 1 aliphatic carbocycles. The molecular weight excluding hydrogens is 217 g/mol. The van der Waals surface area contributed by atoms with Crippen molar-refractivity contribution in [2.24, 2.45) is 0 Å². The molecule has 4 heteroatoms. The highest BCUT2D eigenvalue weighted by Gasteiger charge is 2.39. The van der Waals surface area contributed by atoms with Crippen molar-refractivity contribution in [2.45, 2.75) is 43.8 Å². The fourth-order valence-corrected chi connectivity index (χ4v) is 2.96. The number of alkyl halides is 1. The molecule has 1 aromatic rings. The number of rotatable bonds is 3. The average Bonchev–Trinajstić information content (AvgIpc) is 2.81. The van der Waals surface area contributed by atoms with Crippen molar-refractivity contribution < 1.29 is 4.39 Å². The molecule has 1 saturated heterocycles. The van der Waals surface area contributed by atoms with Gasteiger partial charge in [0.2, 0.25) is 0 Å². The summed E-state index contributed by atoms with van der Waals surface area (Å²) in [6.45, 7) is 2.67. The molecule has 0 N–H and O–H groups in total. The van der Waals surface area contributed by atoms with Gasteiger partial charge in [0.15, 0.2) is 0 Å². The molecule has 17 heavy (non-hydrogen) atoms. The van der Waals surface area contributed by atoms with Gasteiger partial charge in [0.25, 0.3) is 0 Å². The first-order valence-electron chi connectivity index (χ1n) is 6.66. The van der Waals surface area contributed by atoms with Crippen molar-refractivity contribution in [3.05, 3.63) is 18.5 Å². The van der Waals surface area contributed by atoms with E-state index in [0.29, 0.717) is 12.6 Å². The lowest BCUT2D eigenvalue weighted by Gasteiger charge is -2.41. The lowest BCUT2D eigenvalue weighted by atomic mass is 9.81. The van der Waals surface area contributed by atoms with Crippen LogP contribution in [0.5, 0.6) is 0 Å². The van der Waals surface area contributed by atoms with Crippen LogP contribution in [-0.2, 0) is 0 Å². The van der Waals surface area contributed by atoms with Gasteiger partial charge in [0.05, 0.1) is 6.04 Å². The highest BCUT2D eigenvalue weighted by molar-refractivity contribution is 4.92. The first kappa shape index (κ1) is 11.2. The summed E-state index contributed by atoms with van der Waals surface area (Å²) in [7, 11) is 0. The number of halogens is 1. The van der Waals surface area contributed by atoms with Crippen molar-refractivity contribution in [3.8, 4) is 0 Å². The van der Waals surface area contributed by atoms with Gasteiger partial charge in [-0.05, 0) is 38.2 Å². The molecule has 0 unspecified atom stereocenters. The summed E-state index contributed by atoms with van der Waals surface area (Å²) in [5.74, 6) is 0. The number of aromatic nitrogens is 2. The van der Waals surface area contributed by atoms with Gasteiger partial charge < -0.3 is 4.90 Å². The highest BCUT2D eigenvalue weighted by atomic mass is 19.1. The van der Waals surface area contributed by atoms with E-state index < -0.39 is 5.67 Å². The van der Waals surface area contributed by atoms with E-state index in [0.717, 1.165) is 45.2 Å². The summed E-state index contributed by atoms with van der Waals surface area (Å²) in [5, 5.41) is 4.29. The molecule has 94 valence electrons. The second-order valence-electron chi connectivity index (χ2n) is 5.50. The molecule has 3 nitrogen and oxygen atoms in total. The molecule has 1 saturated carbocycles. The second kappa shape index (κ2) is 4.41. The molecule has 2 aliphatic rings. The van der Waals surface area contributed by atoms with Crippen LogP contribution in [0.4, 0.5) is 4.39 Å². The van der Waals surface area contributed by atoms with Crippen LogP contribution in [0.3, 0.4) is 0 Å². The van der Waals surface area contributed by atoms with Crippen LogP contribution in [0.15, 0.2) is 18.5 Å². The third kappa shape index (κ3) is 2.37. The molecule has 1 aromatic heterocycles. The van der Waals surface area contributed by atoms with E-state index in [4.69, 9.17) is 0 Å². The zero-order valence-corrected chi connectivity index (χ0v) is 10.2. The molecule has 0 bridgehead atoms. The zero-order chi connectivity index (χ0) is 11.7. The maximum Gasteiger partial charge on any atom is 0.123 e. The quantitative estimate of drug-likeness (QED) is 0.805. The Kier molecular flexibility index (Phi) is 2.90. The smallest absolute Gasteiger partial charge is 0.123 e. The van der Waals surface area contributed by atoms with E-state index in [2.05, 4.69) is 10.00 Å². The third-order valence-electron chi connectivity index (χ3n) is 4.21. The number of likely N-dealkylation sites (tertiary alicyclic amines) is 1. The van der Waals surface area contributed by atoms with Crippen LogP contribution in [0, 0.1) is 0 Å². The van der Waals surface area contributed by atoms with E-state index >= 15 is 0 Å². The van der Waals surface area contributed by atoms with E-state index in [-0.39, 0.29) is 0 Å². The van der Waals surface area contributed by atoms with E-state index in [1.54, 1.807) is 0 Å². The Labute approximate surface area is 102 Å². The van der Waals surface area contributed by atoms with Gasteiger partial charge in [-0.2, -0.15) is 5.10 Å². The first-order chi connectivity index (χ1) is 8.25. The predicted molar refractivity (Wildman–Crippen MR) is 64.6 cm³/mol. The molecule has 2 fully saturated rings. The van der Waals surface area contributed by atoms with Gasteiger partial charge in [-0.25, -0.2) is 4.39 Å². The van der Waals surface area contributed by atoms with E-state index in [1.165, 1.54) is 0 Å². The molecular formula is C13H20FN3. The molecule has 0 radical (unpaired) electrons. The van der Waals surface area contributed by atoms with Gasteiger partial charge in [-0.1, -0.05) is 0 Å². The molecule has 0 spiro atoms. The van der Waals surface area contributed by atoms with E-state index in [9.17, 15) is 4.39 Å². The van der Waals surface area contributed by atoms with Crippen LogP contribution in [0.2, 0.25) is 0 Å². The van der Waals surface area contributed by atoms with Crippen LogP contribution in [-0.4, -0.2) is 40.0 Å². The summed E-state index contributed by atoms with van der Waals surface area (Å²) < 4.78 is 16.0. The molecule has 0 amide bonds. The van der Waals surface area contributed by atoms with Crippen molar-refractivity contribution in [3.63, 3.8) is 0 Å². The normalized spacial score (nSPS) is 25.7. The van der Waals surface area contributed by atoms with Crippen LogP contribution in [0.1, 0.15) is 38.1 Å². The Morgan fingerprint density at radius 3 is 2.59 bits per heavy atom. The zero-order valence-electron chi connectivity index (χ0n) is 10.2. The molecule has 2 heterocycles. The third-order valence-corrected chi connectivity index (χ3v) is 4.21. The molecule has 1 aliphatic heterocycles. The van der Waals surface area contributed by atoms with Gasteiger partial charge in [-0.15, -0.1) is 0 Å². The second-order valence-corrected chi connectivity index (χ2v) is 5.50. The topological polar surface area (TPSA) is 21.1 Å². The van der Waals surface area contributed by atoms with Gasteiger partial charge in [0.1, 0.15) is 5.67 Å². The summed E-state index contributed by atoms with van der Waals surface area (Å²) in [6, 6.07) is 2.48. The Bertz CT molecular complexity index is 351. The maximum absolute atomic E-state index is 14.0. The molecule has 0 aromatic carbocycles. The monoisotopic (exact) mass is 237 g/mol. The number of piperidine rings is 1. The summed E-state index contributed by atoms with van der Waals surface area (Å²) in [5.41, 5.74) is -0.863.